The Morgan fingerprint density at radius 2 is 1.25 bits per heavy atom. The van der Waals surface area contributed by atoms with Crippen LogP contribution in [-0.2, 0) is 21.0 Å². The highest BCUT2D eigenvalue weighted by Crippen LogP contribution is 2.25. The summed E-state index contributed by atoms with van der Waals surface area (Å²) in [7, 11) is -4.09. The first-order valence-electron chi connectivity index (χ1n) is 9.75. The molecular formula is C19H40O3S2. The van der Waals surface area contributed by atoms with Gasteiger partial charge in [-0.1, -0.05) is 71.1 Å². The molecule has 1 unspecified atom stereocenters. The van der Waals surface area contributed by atoms with Crippen LogP contribution in [0.3, 0.4) is 0 Å². The molecule has 0 aliphatic rings. The van der Waals surface area contributed by atoms with Crippen LogP contribution < -0.4 is 0 Å². The molecule has 0 fully saturated rings. The largest absolute Gasteiger partial charge is 0.748 e. The highest BCUT2D eigenvalue weighted by molar-refractivity contribution is 7.98. The van der Waals surface area contributed by atoms with Crippen LogP contribution in [0.25, 0.3) is 0 Å². The molecule has 0 aromatic heterocycles. The topological polar surface area (TPSA) is 57.2 Å². The van der Waals surface area contributed by atoms with Gasteiger partial charge >= 0.3 is 0 Å². The van der Waals surface area contributed by atoms with Crippen LogP contribution in [0.4, 0.5) is 0 Å². The molecule has 0 aliphatic carbocycles. The van der Waals surface area contributed by atoms with E-state index in [1.165, 1.54) is 70.6 Å². The number of unbranched alkanes of at least 4 members (excludes halogenated alkanes) is 10. The Kier molecular flexibility index (Phi) is 13.6. The molecule has 1 atom stereocenters. The second-order valence-electron chi connectivity index (χ2n) is 7.65. The average Bonchev–Trinajstić information content (AvgIpc) is 2.49. The molecule has 0 rings (SSSR count). The third-order valence-corrected chi connectivity index (χ3v) is 8.84. The highest BCUT2D eigenvalue weighted by Gasteiger charge is 2.34. The van der Waals surface area contributed by atoms with Crippen molar-refractivity contribution in [1.29, 1.82) is 0 Å². The molecule has 0 aromatic carbocycles. The summed E-state index contributed by atoms with van der Waals surface area (Å²) in [5, 5.41) is 0. The quantitative estimate of drug-likeness (QED) is 0.208. The lowest BCUT2D eigenvalue weighted by atomic mass is 10.0. The zero-order valence-electron chi connectivity index (χ0n) is 16.4. The van der Waals surface area contributed by atoms with Crippen molar-refractivity contribution in [3.05, 3.63) is 0 Å². The summed E-state index contributed by atoms with van der Waals surface area (Å²) in [6.45, 7) is 6.68. The first kappa shape index (κ1) is 24.3. The van der Waals surface area contributed by atoms with Crippen molar-refractivity contribution in [1.82, 2.24) is 0 Å². The molecule has 5 heteroatoms. The molecule has 3 nitrogen and oxygen atoms in total. The van der Waals surface area contributed by atoms with Gasteiger partial charge in [0.15, 0.2) is 0 Å². The highest BCUT2D eigenvalue weighted by atomic mass is 32.2. The van der Waals surface area contributed by atoms with Crippen molar-refractivity contribution in [2.24, 2.45) is 0 Å². The smallest absolute Gasteiger partial charge is 0.122 e. The van der Waals surface area contributed by atoms with Gasteiger partial charge in [-0.25, -0.2) is 8.42 Å². The van der Waals surface area contributed by atoms with E-state index < -0.39 is 10.1 Å². The number of hydrogen-bond donors (Lipinski definition) is 0. The maximum atomic E-state index is 10.8. The van der Waals surface area contributed by atoms with Gasteiger partial charge in [0, 0.05) is 0 Å². The van der Waals surface area contributed by atoms with Gasteiger partial charge in [0.05, 0.1) is 22.1 Å². The van der Waals surface area contributed by atoms with Crippen molar-refractivity contribution < 1.29 is 13.0 Å². The summed E-state index contributed by atoms with van der Waals surface area (Å²) >= 11 is 0. The molecule has 0 heterocycles. The Hall–Kier alpha value is 0.260. The second kappa shape index (κ2) is 13.5. The molecule has 0 radical (unpaired) electrons. The van der Waals surface area contributed by atoms with Crippen molar-refractivity contribution in [2.75, 3.05) is 17.8 Å². The van der Waals surface area contributed by atoms with Gasteiger partial charge in [-0.15, -0.1) is 0 Å². The zero-order valence-corrected chi connectivity index (χ0v) is 18.1. The predicted molar refractivity (Wildman–Crippen MR) is 108 cm³/mol. The Bertz CT molecular complexity index is 391. The summed E-state index contributed by atoms with van der Waals surface area (Å²) in [6, 6.07) is 0. The van der Waals surface area contributed by atoms with E-state index in [0.29, 0.717) is 5.75 Å². The summed E-state index contributed by atoms with van der Waals surface area (Å²) in [4.78, 5) is 0. The van der Waals surface area contributed by atoms with E-state index in [2.05, 4.69) is 27.0 Å². The summed E-state index contributed by atoms with van der Waals surface area (Å²) < 4.78 is 32.5. The fourth-order valence-electron chi connectivity index (χ4n) is 2.89. The van der Waals surface area contributed by atoms with Crippen molar-refractivity contribution in [3.8, 4) is 0 Å². The van der Waals surface area contributed by atoms with E-state index in [0.717, 1.165) is 6.42 Å². The molecule has 0 amide bonds. The van der Waals surface area contributed by atoms with E-state index >= 15 is 0 Å². The van der Waals surface area contributed by atoms with E-state index in [-0.39, 0.29) is 21.4 Å². The average molecular weight is 381 g/mol. The third-order valence-electron chi connectivity index (χ3n) is 4.97. The van der Waals surface area contributed by atoms with Crippen molar-refractivity contribution in [3.63, 3.8) is 0 Å². The Balaban J connectivity index is 3.60. The van der Waals surface area contributed by atoms with Crippen LogP contribution in [0.15, 0.2) is 0 Å². The molecular weight excluding hydrogens is 340 g/mol. The molecule has 0 saturated heterocycles. The Morgan fingerprint density at radius 1 is 0.833 bits per heavy atom. The van der Waals surface area contributed by atoms with Gasteiger partial charge in [-0.05, 0) is 37.6 Å². The van der Waals surface area contributed by atoms with Gasteiger partial charge in [0.25, 0.3) is 0 Å². The van der Waals surface area contributed by atoms with E-state index in [1.807, 2.05) is 0 Å². The zero-order chi connectivity index (χ0) is 18.5. The van der Waals surface area contributed by atoms with Crippen LogP contribution in [0, 0.1) is 0 Å². The fraction of sp³-hybridized carbons (Fsp3) is 1.00. The molecule has 0 N–H and O–H groups in total. The summed E-state index contributed by atoms with van der Waals surface area (Å²) in [5.41, 5.74) is 0. The molecule has 0 aliphatic heterocycles. The molecule has 146 valence electrons. The molecule has 0 saturated carbocycles. The maximum Gasteiger partial charge on any atom is 0.122 e. The van der Waals surface area contributed by atoms with Gasteiger partial charge in [0.2, 0.25) is 0 Å². The van der Waals surface area contributed by atoms with Gasteiger partial charge in [-0.2, -0.15) is 0 Å². The first-order chi connectivity index (χ1) is 11.2. The van der Waals surface area contributed by atoms with Gasteiger partial charge in [0.1, 0.15) is 10.5 Å². The van der Waals surface area contributed by atoms with Crippen LogP contribution in [-0.4, -0.2) is 35.5 Å². The van der Waals surface area contributed by atoms with Crippen LogP contribution in [0.2, 0.25) is 0 Å². The monoisotopic (exact) mass is 380 g/mol. The minimum atomic E-state index is -4.07. The standard InChI is InChI=1S/C19H40O3S2/c1-5-6-7-8-9-10-11-12-13-14-15-16-19(2,3)23(4)17-18-24(20,21)22/h5-18H2,1-4H3. The third kappa shape index (κ3) is 14.6. The normalized spacial score (nSPS) is 14.0. The molecule has 24 heavy (non-hydrogen) atoms. The lowest BCUT2D eigenvalue weighted by Crippen LogP contribution is -2.35. The number of rotatable bonds is 16. The van der Waals surface area contributed by atoms with E-state index in [9.17, 15) is 13.0 Å². The minimum absolute atomic E-state index is 0.0206. The van der Waals surface area contributed by atoms with Crippen molar-refractivity contribution in [2.45, 2.75) is 103 Å². The number of hydrogen-bond acceptors (Lipinski definition) is 3. The van der Waals surface area contributed by atoms with E-state index in [1.54, 1.807) is 0 Å². The van der Waals surface area contributed by atoms with E-state index in [4.69, 9.17) is 0 Å². The van der Waals surface area contributed by atoms with Crippen molar-refractivity contribution >= 4 is 21.0 Å². The molecule has 0 aromatic rings. The Morgan fingerprint density at radius 3 is 1.67 bits per heavy atom. The lowest BCUT2D eigenvalue weighted by Gasteiger charge is -2.24. The molecule has 0 spiro atoms. The van der Waals surface area contributed by atoms with Crippen LogP contribution >= 0.6 is 0 Å². The lowest BCUT2D eigenvalue weighted by molar-refractivity contribution is 0.464. The van der Waals surface area contributed by atoms with Crippen LogP contribution in [0.5, 0.6) is 0 Å². The maximum absolute atomic E-state index is 10.8. The minimum Gasteiger partial charge on any atom is -0.748 e. The predicted octanol–water partition coefficient (Wildman–Crippen LogP) is 5.26. The first-order valence-corrected chi connectivity index (χ1v) is 13.1. The summed E-state index contributed by atoms with van der Waals surface area (Å²) in [5.74, 6) is 0.297. The second-order valence-corrected chi connectivity index (χ2v) is 12.0. The summed E-state index contributed by atoms with van der Waals surface area (Å²) in [6.07, 6.45) is 18.0. The molecule has 0 bridgehead atoms. The van der Waals surface area contributed by atoms with Gasteiger partial charge in [-0.3, -0.25) is 0 Å². The van der Waals surface area contributed by atoms with Crippen LogP contribution in [0.1, 0.15) is 97.8 Å². The fourth-order valence-corrected chi connectivity index (χ4v) is 5.75. The van der Waals surface area contributed by atoms with Gasteiger partial charge < -0.3 is 4.55 Å². The SMILES string of the molecule is CCCCCCCCCCCCCC(C)(C)[S+](C)CCS(=O)(=O)[O-]. The Labute approximate surface area is 154 Å².